The van der Waals surface area contributed by atoms with Crippen molar-refractivity contribution in [1.82, 2.24) is 0 Å². The van der Waals surface area contributed by atoms with Gasteiger partial charge in [0.05, 0.1) is 13.2 Å². The Labute approximate surface area is 115 Å². The van der Waals surface area contributed by atoms with E-state index >= 15 is 0 Å². The highest BCUT2D eigenvalue weighted by Gasteiger charge is 2.50. The van der Waals surface area contributed by atoms with Gasteiger partial charge in [-0.2, -0.15) is 0 Å². The second-order valence-electron chi connectivity index (χ2n) is 4.49. The Kier molecular flexibility index (Phi) is 7.90. The molecule has 0 saturated heterocycles. The lowest BCUT2D eigenvalue weighted by Crippen LogP contribution is -2.46. The summed E-state index contributed by atoms with van der Waals surface area (Å²) in [5.74, 6) is 4.42. The normalized spacial score (nSPS) is 10.6. The number of carbonyl (C=O) groups is 2. The van der Waals surface area contributed by atoms with Crippen molar-refractivity contribution in [3.63, 3.8) is 0 Å². The number of ether oxygens (including phenoxy) is 2. The standard InChI is InChI=1S/C15H24O4/c1-6-9-10-11-15(12(4)5,13(16)18-7-2)14(17)19-8-3/h12H,7-8,10-11H2,1-5H3. The first-order valence-electron chi connectivity index (χ1n) is 6.71. The number of esters is 2. The van der Waals surface area contributed by atoms with Crippen LogP contribution in [0.4, 0.5) is 0 Å². The van der Waals surface area contributed by atoms with Crippen LogP contribution in [0.15, 0.2) is 0 Å². The molecule has 0 fully saturated rings. The molecular formula is C15H24O4. The molecule has 0 aromatic rings. The van der Waals surface area contributed by atoms with Crippen molar-refractivity contribution in [3.05, 3.63) is 0 Å². The Hall–Kier alpha value is -1.50. The lowest BCUT2D eigenvalue weighted by atomic mass is 9.73. The van der Waals surface area contributed by atoms with E-state index in [1.807, 2.05) is 13.8 Å². The molecule has 0 N–H and O–H groups in total. The smallest absolute Gasteiger partial charge is 0.323 e. The molecule has 108 valence electrons. The summed E-state index contributed by atoms with van der Waals surface area (Å²) < 4.78 is 10.2. The molecule has 0 atom stereocenters. The summed E-state index contributed by atoms with van der Waals surface area (Å²) in [6.45, 7) is 9.31. The van der Waals surface area contributed by atoms with Gasteiger partial charge < -0.3 is 9.47 Å². The zero-order chi connectivity index (χ0) is 14.9. The number of hydrogen-bond acceptors (Lipinski definition) is 4. The van der Waals surface area contributed by atoms with E-state index in [0.29, 0.717) is 12.8 Å². The monoisotopic (exact) mass is 268 g/mol. The van der Waals surface area contributed by atoms with Gasteiger partial charge in [-0.15, -0.1) is 11.8 Å². The molecule has 0 aliphatic rings. The SMILES string of the molecule is CC#CCCC(C(=O)OCC)(C(=O)OCC)C(C)C. The van der Waals surface area contributed by atoms with Crippen molar-refractivity contribution >= 4 is 11.9 Å². The zero-order valence-corrected chi connectivity index (χ0v) is 12.5. The molecule has 0 bridgehead atoms. The van der Waals surface area contributed by atoms with E-state index in [-0.39, 0.29) is 19.1 Å². The number of rotatable bonds is 7. The van der Waals surface area contributed by atoms with Gasteiger partial charge in [0.1, 0.15) is 0 Å². The summed E-state index contributed by atoms with van der Waals surface area (Å²) in [6, 6.07) is 0. The topological polar surface area (TPSA) is 52.6 Å². The molecule has 4 nitrogen and oxygen atoms in total. The van der Waals surface area contributed by atoms with Gasteiger partial charge in [0.25, 0.3) is 0 Å². The summed E-state index contributed by atoms with van der Waals surface area (Å²) in [7, 11) is 0. The maximum atomic E-state index is 12.2. The largest absolute Gasteiger partial charge is 0.465 e. The minimum Gasteiger partial charge on any atom is -0.465 e. The summed E-state index contributed by atoms with van der Waals surface area (Å²) in [4.78, 5) is 24.5. The van der Waals surface area contributed by atoms with E-state index in [0.717, 1.165) is 0 Å². The lowest BCUT2D eigenvalue weighted by Gasteiger charge is -2.32. The number of hydrogen-bond donors (Lipinski definition) is 0. The van der Waals surface area contributed by atoms with Crippen molar-refractivity contribution in [2.45, 2.75) is 47.5 Å². The first-order valence-corrected chi connectivity index (χ1v) is 6.71. The Balaban J connectivity index is 5.37. The van der Waals surface area contributed by atoms with Crippen LogP contribution in [0.5, 0.6) is 0 Å². The third-order valence-corrected chi connectivity index (χ3v) is 3.09. The van der Waals surface area contributed by atoms with Crippen LogP contribution in [0.1, 0.15) is 47.5 Å². The molecule has 0 aliphatic heterocycles. The zero-order valence-electron chi connectivity index (χ0n) is 12.5. The van der Waals surface area contributed by atoms with Gasteiger partial charge >= 0.3 is 11.9 Å². The van der Waals surface area contributed by atoms with E-state index in [1.165, 1.54) is 0 Å². The van der Waals surface area contributed by atoms with Crippen molar-refractivity contribution in [1.29, 1.82) is 0 Å². The fraction of sp³-hybridized carbons (Fsp3) is 0.733. The van der Waals surface area contributed by atoms with Crippen LogP contribution < -0.4 is 0 Å². The quantitative estimate of drug-likeness (QED) is 0.404. The Bertz CT molecular complexity index is 342. The second kappa shape index (κ2) is 8.58. The van der Waals surface area contributed by atoms with E-state index < -0.39 is 17.4 Å². The average Bonchev–Trinajstić information content (AvgIpc) is 2.34. The molecule has 0 amide bonds. The van der Waals surface area contributed by atoms with Gasteiger partial charge in [-0.05, 0) is 33.1 Å². The molecule has 0 heterocycles. The maximum Gasteiger partial charge on any atom is 0.323 e. The Morgan fingerprint density at radius 3 is 1.89 bits per heavy atom. The van der Waals surface area contributed by atoms with Crippen LogP contribution >= 0.6 is 0 Å². The van der Waals surface area contributed by atoms with Crippen LogP contribution in [-0.2, 0) is 19.1 Å². The summed E-state index contributed by atoms with van der Waals surface area (Å²) in [5.41, 5.74) is -1.25. The van der Waals surface area contributed by atoms with Crippen LogP contribution in [0.2, 0.25) is 0 Å². The molecule has 0 spiro atoms. The van der Waals surface area contributed by atoms with Crippen molar-refractivity contribution in [2.24, 2.45) is 11.3 Å². The second-order valence-corrected chi connectivity index (χ2v) is 4.49. The summed E-state index contributed by atoms with van der Waals surface area (Å²) in [5, 5.41) is 0. The molecule has 19 heavy (non-hydrogen) atoms. The summed E-state index contributed by atoms with van der Waals surface area (Å²) in [6.07, 6.45) is 0.787. The van der Waals surface area contributed by atoms with Crippen molar-refractivity contribution < 1.29 is 19.1 Å². The molecule has 0 aliphatic carbocycles. The lowest BCUT2D eigenvalue weighted by molar-refractivity contribution is -0.176. The maximum absolute atomic E-state index is 12.2. The van der Waals surface area contributed by atoms with E-state index in [2.05, 4.69) is 11.8 Å². The average molecular weight is 268 g/mol. The third-order valence-electron chi connectivity index (χ3n) is 3.09. The Morgan fingerprint density at radius 2 is 1.58 bits per heavy atom. The fourth-order valence-corrected chi connectivity index (χ4v) is 1.95. The van der Waals surface area contributed by atoms with Crippen molar-refractivity contribution in [3.8, 4) is 11.8 Å². The van der Waals surface area contributed by atoms with E-state index in [4.69, 9.17) is 9.47 Å². The predicted octanol–water partition coefficient (Wildman–Crippen LogP) is 2.56. The molecule has 0 radical (unpaired) electrons. The van der Waals surface area contributed by atoms with Gasteiger partial charge in [-0.3, -0.25) is 9.59 Å². The van der Waals surface area contributed by atoms with Crippen LogP contribution in [-0.4, -0.2) is 25.2 Å². The third kappa shape index (κ3) is 4.27. The van der Waals surface area contributed by atoms with Crippen LogP contribution in [0.25, 0.3) is 0 Å². The molecule has 0 aromatic carbocycles. The van der Waals surface area contributed by atoms with Gasteiger partial charge in [0.15, 0.2) is 5.41 Å². The van der Waals surface area contributed by atoms with E-state index in [1.54, 1.807) is 20.8 Å². The number of carbonyl (C=O) groups excluding carboxylic acids is 2. The highest BCUT2D eigenvalue weighted by molar-refractivity contribution is 6.00. The van der Waals surface area contributed by atoms with Gasteiger partial charge in [-0.25, -0.2) is 0 Å². The molecule has 4 heteroatoms. The molecule has 0 rings (SSSR count). The molecular weight excluding hydrogens is 244 g/mol. The first-order chi connectivity index (χ1) is 8.97. The predicted molar refractivity (Wildman–Crippen MR) is 73.2 cm³/mol. The molecule has 0 saturated carbocycles. The van der Waals surface area contributed by atoms with Gasteiger partial charge in [-0.1, -0.05) is 13.8 Å². The van der Waals surface area contributed by atoms with E-state index in [9.17, 15) is 9.59 Å². The molecule has 0 unspecified atom stereocenters. The van der Waals surface area contributed by atoms with Crippen molar-refractivity contribution in [2.75, 3.05) is 13.2 Å². The van der Waals surface area contributed by atoms with Gasteiger partial charge in [0.2, 0.25) is 0 Å². The fourth-order valence-electron chi connectivity index (χ4n) is 1.95. The van der Waals surface area contributed by atoms with Gasteiger partial charge in [0, 0.05) is 6.42 Å². The minimum atomic E-state index is -1.25. The molecule has 0 aromatic heterocycles. The highest BCUT2D eigenvalue weighted by Crippen LogP contribution is 2.36. The minimum absolute atomic E-state index is 0.204. The summed E-state index contributed by atoms with van der Waals surface area (Å²) >= 11 is 0. The van der Waals surface area contributed by atoms with Crippen LogP contribution in [0.3, 0.4) is 0 Å². The first kappa shape index (κ1) is 17.5. The highest BCUT2D eigenvalue weighted by atomic mass is 16.6. The van der Waals surface area contributed by atoms with Crippen LogP contribution in [0, 0.1) is 23.2 Å². The Morgan fingerprint density at radius 1 is 1.11 bits per heavy atom.